The molecular weight excluding hydrogens is 372 g/mol. The van der Waals surface area contributed by atoms with E-state index in [9.17, 15) is 19.8 Å². The maximum atomic E-state index is 11.7. The minimum absolute atomic E-state index is 0.0215. The van der Waals surface area contributed by atoms with E-state index in [2.05, 4.69) is 0 Å². The van der Waals surface area contributed by atoms with Gasteiger partial charge in [0.05, 0.1) is 24.3 Å². The molecule has 0 aliphatic heterocycles. The van der Waals surface area contributed by atoms with Crippen LogP contribution in [0.2, 0.25) is 0 Å². The summed E-state index contributed by atoms with van der Waals surface area (Å²) in [6, 6.07) is 15.6. The van der Waals surface area contributed by atoms with Crippen LogP contribution in [-0.2, 0) is 18.0 Å². The third-order valence-corrected chi connectivity index (χ3v) is 4.73. The zero-order valence-electron chi connectivity index (χ0n) is 15.8. The summed E-state index contributed by atoms with van der Waals surface area (Å²) in [5.41, 5.74) is 2.93. The van der Waals surface area contributed by atoms with Crippen LogP contribution in [0.1, 0.15) is 37.4 Å². The molecule has 0 heterocycles. The number of aromatic hydroxyl groups is 2. The Morgan fingerprint density at radius 2 is 1.62 bits per heavy atom. The first-order valence-electron chi connectivity index (χ1n) is 8.92. The summed E-state index contributed by atoms with van der Waals surface area (Å²) in [6.45, 7) is 1.94. The number of benzene rings is 3. The fourth-order valence-corrected chi connectivity index (χ4v) is 3.22. The van der Waals surface area contributed by atoms with E-state index in [1.807, 2.05) is 30.3 Å². The van der Waals surface area contributed by atoms with Crippen LogP contribution in [0, 0.1) is 6.92 Å². The molecule has 29 heavy (non-hydrogen) atoms. The molecule has 0 aliphatic rings. The molecule has 0 bridgehead atoms. The Bertz CT molecular complexity index is 1040. The van der Waals surface area contributed by atoms with Gasteiger partial charge in [0, 0.05) is 11.1 Å². The Labute approximate surface area is 167 Å². The molecule has 3 rings (SSSR count). The average Bonchev–Trinajstić information content (AvgIpc) is 2.73. The van der Waals surface area contributed by atoms with Crippen molar-refractivity contribution in [1.82, 2.24) is 0 Å². The smallest absolute Gasteiger partial charge is 0.335 e. The normalized spacial score (nSPS) is 10.7. The van der Waals surface area contributed by atoms with Crippen molar-refractivity contribution in [2.24, 2.45) is 0 Å². The van der Waals surface area contributed by atoms with Crippen molar-refractivity contribution >= 4 is 12.3 Å². The number of aromatic carboxylic acids is 1. The first-order valence-corrected chi connectivity index (χ1v) is 8.92. The van der Waals surface area contributed by atoms with E-state index in [0.717, 1.165) is 5.56 Å². The average molecular weight is 392 g/mol. The molecule has 0 radical (unpaired) electrons. The van der Waals surface area contributed by atoms with Gasteiger partial charge in [-0.1, -0.05) is 42.5 Å². The lowest BCUT2D eigenvalue weighted by Crippen LogP contribution is -2.04. The molecule has 0 unspecified atom stereocenters. The monoisotopic (exact) mass is 392 g/mol. The van der Waals surface area contributed by atoms with Crippen molar-refractivity contribution in [2.75, 3.05) is 0 Å². The van der Waals surface area contributed by atoms with E-state index in [1.165, 1.54) is 12.1 Å². The van der Waals surface area contributed by atoms with Crippen molar-refractivity contribution in [3.63, 3.8) is 0 Å². The molecule has 6 heteroatoms. The lowest BCUT2D eigenvalue weighted by molar-refractivity contribution is 0.0696. The van der Waals surface area contributed by atoms with Crippen molar-refractivity contribution in [1.29, 1.82) is 0 Å². The highest BCUT2D eigenvalue weighted by Crippen LogP contribution is 2.42. The largest absolute Gasteiger partial charge is 0.504 e. The zero-order chi connectivity index (χ0) is 21.0. The van der Waals surface area contributed by atoms with E-state index in [0.29, 0.717) is 35.1 Å². The highest BCUT2D eigenvalue weighted by molar-refractivity contribution is 5.92. The molecular formula is C23H20O6. The molecule has 0 saturated heterocycles. The molecule has 0 aromatic heterocycles. The zero-order valence-corrected chi connectivity index (χ0v) is 15.8. The first-order chi connectivity index (χ1) is 13.9. The molecule has 148 valence electrons. The van der Waals surface area contributed by atoms with Gasteiger partial charge in [0.25, 0.3) is 0 Å². The lowest BCUT2D eigenvalue weighted by Gasteiger charge is -2.19. The Kier molecular flexibility index (Phi) is 5.95. The second kappa shape index (κ2) is 8.58. The molecule has 0 aliphatic carbocycles. The number of phenolic OH excluding ortho intramolecular Hbond substituents is 2. The second-order valence-corrected chi connectivity index (χ2v) is 6.57. The van der Waals surface area contributed by atoms with Crippen LogP contribution in [-0.4, -0.2) is 27.6 Å². The van der Waals surface area contributed by atoms with Gasteiger partial charge in [0.15, 0.2) is 17.8 Å². The molecule has 0 fully saturated rings. The van der Waals surface area contributed by atoms with Gasteiger partial charge in [-0.25, -0.2) is 4.79 Å². The number of phenols is 2. The fourth-order valence-electron chi connectivity index (χ4n) is 3.22. The van der Waals surface area contributed by atoms with Gasteiger partial charge in [-0.05, 0) is 35.7 Å². The standard InChI is InChI=1S/C23H20O6/c1-14-20(16-7-9-17(10-8-16)23(27)28)19(18(11-24)22(26)21(14)25)13-29-12-15-5-3-2-4-6-15/h2-11,25-26H,12-13H2,1H3,(H,27,28). The number of carbonyl (C=O) groups excluding carboxylic acids is 1. The Hall–Kier alpha value is -3.64. The molecule has 0 saturated carbocycles. The van der Waals surface area contributed by atoms with Gasteiger partial charge in [-0.15, -0.1) is 0 Å². The molecule has 6 nitrogen and oxygen atoms in total. The molecule has 3 N–H and O–H groups in total. The van der Waals surface area contributed by atoms with Crippen LogP contribution in [0.25, 0.3) is 11.1 Å². The predicted octanol–water partition coefficient (Wildman–Crippen LogP) is 4.30. The predicted molar refractivity (Wildman–Crippen MR) is 107 cm³/mol. The summed E-state index contributed by atoms with van der Waals surface area (Å²) < 4.78 is 5.78. The third kappa shape index (κ3) is 4.12. The van der Waals surface area contributed by atoms with Gasteiger partial charge >= 0.3 is 5.97 Å². The molecule has 3 aromatic rings. The highest BCUT2D eigenvalue weighted by Gasteiger charge is 2.22. The van der Waals surface area contributed by atoms with E-state index >= 15 is 0 Å². The van der Waals surface area contributed by atoms with Gasteiger partial charge in [-0.2, -0.15) is 0 Å². The number of hydrogen-bond acceptors (Lipinski definition) is 5. The van der Waals surface area contributed by atoms with Crippen LogP contribution >= 0.6 is 0 Å². The number of aldehydes is 1. The van der Waals surface area contributed by atoms with E-state index in [1.54, 1.807) is 19.1 Å². The maximum Gasteiger partial charge on any atom is 0.335 e. The van der Waals surface area contributed by atoms with Crippen molar-refractivity contribution < 1.29 is 29.6 Å². The Morgan fingerprint density at radius 3 is 2.21 bits per heavy atom. The molecule has 3 aromatic carbocycles. The number of ether oxygens (including phenoxy) is 1. The topological polar surface area (TPSA) is 104 Å². The van der Waals surface area contributed by atoms with Crippen molar-refractivity contribution in [3.05, 3.63) is 82.4 Å². The van der Waals surface area contributed by atoms with Crippen LogP contribution in [0.15, 0.2) is 54.6 Å². The molecule has 0 atom stereocenters. The SMILES string of the molecule is Cc1c(O)c(O)c(C=O)c(COCc2ccccc2)c1-c1ccc(C(=O)O)cc1. The maximum absolute atomic E-state index is 11.7. The summed E-state index contributed by atoms with van der Waals surface area (Å²) in [7, 11) is 0. The quantitative estimate of drug-likeness (QED) is 0.409. The third-order valence-electron chi connectivity index (χ3n) is 4.73. The van der Waals surface area contributed by atoms with Crippen LogP contribution in [0.4, 0.5) is 0 Å². The first kappa shape index (κ1) is 20.1. The van der Waals surface area contributed by atoms with Crippen LogP contribution in [0.5, 0.6) is 11.5 Å². The lowest BCUT2D eigenvalue weighted by atomic mass is 9.90. The Balaban J connectivity index is 2.04. The number of carboxylic acids is 1. The summed E-state index contributed by atoms with van der Waals surface area (Å²) in [4.78, 5) is 22.8. The highest BCUT2D eigenvalue weighted by atomic mass is 16.5. The summed E-state index contributed by atoms with van der Waals surface area (Å²) >= 11 is 0. The fraction of sp³-hybridized carbons (Fsp3) is 0.130. The van der Waals surface area contributed by atoms with Gasteiger partial charge < -0.3 is 20.1 Å². The van der Waals surface area contributed by atoms with Crippen molar-refractivity contribution in [3.8, 4) is 22.6 Å². The Morgan fingerprint density at radius 1 is 0.966 bits per heavy atom. The van der Waals surface area contributed by atoms with Crippen molar-refractivity contribution in [2.45, 2.75) is 20.1 Å². The number of hydrogen-bond donors (Lipinski definition) is 3. The number of carboxylic acid groups (broad SMARTS) is 1. The van der Waals surface area contributed by atoms with Crippen LogP contribution in [0.3, 0.4) is 0 Å². The summed E-state index contributed by atoms with van der Waals surface area (Å²) in [6.07, 6.45) is 0.477. The van der Waals surface area contributed by atoms with Gasteiger partial charge in [0.2, 0.25) is 0 Å². The minimum Gasteiger partial charge on any atom is -0.504 e. The van der Waals surface area contributed by atoms with E-state index in [4.69, 9.17) is 9.84 Å². The van der Waals surface area contributed by atoms with Crippen LogP contribution < -0.4 is 0 Å². The van der Waals surface area contributed by atoms with E-state index < -0.39 is 17.5 Å². The molecule has 0 spiro atoms. The summed E-state index contributed by atoms with van der Waals surface area (Å²) in [5.74, 6) is -1.94. The van der Waals surface area contributed by atoms with Gasteiger partial charge in [0.1, 0.15) is 0 Å². The van der Waals surface area contributed by atoms with E-state index in [-0.39, 0.29) is 17.7 Å². The van der Waals surface area contributed by atoms with Gasteiger partial charge in [-0.3, -0.25) is 4.79 Å². The number of rotatable bonds is 7. The minimum atomic E-state index is -1.05. The summed E-state index contributed by atoms with van der Waals surface area (Å²) in [5, 5.41) is 29.6. The second-order valence-electron chi connectivity index (χ2n) is 6.57. The number of carbonyl (C=O) groups is 2. The molecule has 0 amide bonds.